The first kappa shape index (κ1) is 14.6. The summed E-state index contributed by atoms with van der Waals surface area (Å²) >= 11 is 3.33. The number of fused-ring (bicyclic) bond motifs is 1. The maximum Gasteiger partial charge on any atom is 0.264 e. The lowest BCUT2D eigenvalue weighted by atomic mass is 10.0. The molecule has 0 amide bonds. The van der Waals surface area contributed by atoms with Crippen molar-refractivity contribution in [1.82, 2.24) is 0 Å². The molecule has 2 aromatic rings. The van der Waals surface area contributed by atoms with Crippen molar-refractivity contribution in [2.24, 2.45) is 0 Å². The molecule has 0 atom stereocenters. The maximum absolute atomic E-state index is 12.9. The van der Waals surface area contributed by atoms with E-state index in [-0.39, 0.29) is 0 Å². The molecule has 0 unspecified atom stereocenters. The van der Waals surface area contributed by atoms with Gasteiger partial charge in [-0.15, -0.1) is 0 Å². The molecule has 0 aromatic heterocycles. The molecule has 1 aliphatic rings. The Labute approximate surface area is 133 Å². The van der Waals surface area contributed by atoms with Crippen molar-refractivity contribution in [2.45, 2.75) is 24.7 Å². The second-order valence-corrected chi connectivity index (χ2v) is 8.04. The van der Waals surface area contributed by atoms with Gasteiger partial charge in [-0.05, 0) is 55.7 Å². The average molecular weight is 366 g/mol. The fourth-order valence-electron chi connectivity index (χ4n) is 2.67. The largest absolute Gasteiger partial charge is 0.266 e. The van der Waals surface area contributed by atoms with Gasteiger partial charge in [0.05, 0.1) is 10.6 Å². The SMILES string of the molecule is Cc1ccc2c(c1)CCCN2S(=O)(=O)c1ccc(Br)cc1. The molecule has 1 heterocycles. The molecule has 110 valence electrons. The van der Waals surface area contributed by atoms with Gasteiger partial charge in [0.15, 0.2) is 0 Å². The Hall–Kier alpha value is -1.33. The molecule has 1 aliphatic heterocycles. The summed E-state index contributed by atoms with van der Waals surface area (Å²) in [6.45, 7) is 2.57. The summed E-state index contributed by atoms with van der Waals surface area (Å²) < 4.78 is 28.1. The zero-order valence-electron chi connectivity index (χ0n) is 11.7. The van der Waals surface area contributed by atoms with Crippen LogP contribution in [-0.4, -0.2) is 15.0 Å². The molecule has 0 N–H and O–H groups in total. The number of anilines is 1. The summed E-state index contributed by atoms with van der Waals surface area (Å²) in [5, 5.41) is 0. The van der Waals surface area contributed by atoms with E-state index in [4.69, 9.17) is 0 Å². The van der Waals surface area contributed by atoms with Crippen LogP contribution in [0.3, 0.4) is 0 Å². The number of hydrogen-bond acceptors (Lipinski definition) is 2. The molecular weight excluding hydrogens is 350 g/mol. The van der Waals surface area contributed by atoms with Gasteiger partial charge in [0, 0.05) is 11.0 Å². The van der Waals surface area contributed by atoms with E-state index in [1.54, 1.807) is 24.3 Å². The van der Waals surface area contributed by atoms with Gasteiger partial charge < -0.3 is 0 Å². The van der Waals surface area contributed by atoms with Gasteiger partial charge in [0.25, 0.3) is 10.0 Å². The summed E-state index contributed by atoms with van der Waals surface area (Å²) in [6.07, 6.45) is 1.79. The smallest absolute Gasteiger partial charge is 0.264 e. The van der Waals surface area contributed by atoms with Crippen LogP contribution < -0.4 is 4.31 Å². The standard InChI is InChI=1S/C16H16BrNO2S/c1-12-4-9-16-13(11-12)3-2-10-18(16)21(19,20)15-7-5-14(17)6-8-15/h4-9,11H,2-3,10H2,1H3. The van der Waals surface area contributed by atoms with Crippen LogP contribution in [0.5, 0.6) is 0 Å². The number of halogens is 1. The molecule has 3 nitrogen and oxygen atoms in total. The molecule has 0 spiro atoms. The fraction of sp³-hybridized carbons (Fsp3) is 0.250. The van der Waals surface area contributed by atoms with Crippen LogP contribution in [0.25, 0.3) is 0 Å². The van der Waals surface area contributed by atoms with Gasteiger partial charge >= 0.3 is 0 Å². The van der Waals surface area contributed by atoms with Gasteiger partial charge in [-0.2, -0.15) is 0 Å². The van der Waals surface area contributed by atoms with Crippen molar-refractivity contribution < 1.29 is 8.42 Å². The number of rotatable bonds is 2. The normalized spacial score (nSPS) is 14.9. The summed E-state index contributed by atoms with van der Waals surface area (Å²) in [7, 11) is -3.49. The minimum atomic E-state index is -3.49. The van der Waals surface area contributed by atoms with E-state index in [9.17, 15) is 8.42 Å². The summed E-state index contributed by atoms with van der Waals surface area (Å²) in [4.78, 5) is 0.333. The lowest BCUT2D eigenvalue weighted by molar-refractivity contribution is 0.586. The minimum Gasteiger partial charge on any atom is -0.266 e. The Kier molecular flexibility index (Phi) is 3.80. The van der Waals surface area contributed by atoms with Crippen LogP contribution in [0.15, 0.2) is 51.8 Å². The highest BCUT2D eigenvalue weighted by Crippen LogP contribution is 2.32. The maximum atomic E-state index is 12.9. The third kappa shape index (κ3) is 2.72. The Morgan fingerprint density at radius 3 is 2.52 bits per heavy atom. The van der Waals surface area contributed by atoms with E-state index in [0.29, 0.717) is 11.4 Å². The summed E-state index contributed by atoms with van der Waals surface area (Å²) in [6, 6.07) is 12.8. The monoisotopic (exact) mass is 365 g/mol. The van der Waals surface area contributed by atoms with Gasteiger partial charge in [0.1, 0.15) is 0 Å². The molecule has 0 radical (unpaired) electrons. The number of nitrogens with zero attached hydrogens (tertiary/aromatic N) is 1. The first-order chi connectivity index (χ1) is 9.98. The zero-order valence-corrected chi connectivity index (χ0v) is 14.1. The van der Waals surface area contributed by atoms with Crippen LogP contribution in [0.2, 0.25) is 0 Å². The summed E-state index contributed by atoms with van der Waals surface area (Å²) in [5.74, 6) is 0. The molecule has 3 rings (SSSR count). The van der Waals surface area contributed by atoms with Crippen LogP contribution in [0.4, 0.5) is 5.69 Å². The topological polar surface area (TPSA) is 37.4 Å². The first-order valence-corrected chi connectivity index (χ1v) is 9.09. The van der Waals surface area contributed by atoms with Gasteiger partial charge in [0.2, 0.25) is 0 Å². The van der Waals surface area contributed by atoms with Gasteiger partial charge in [-0.1, -0.05) is 33.6 Å². The van der Waals surface area contributed by atoms with E-state index < -0.39 is 10.0 Å². The van der Waals surface area contributed by atoms with Crippen molar-refractivity contribution in [3.8, 4) is 0 Å². The molecule has 0 saturated heterocycles. The van der Waals surface area contributed by atoms with E-state index in [1.807, 2.05) is 19.1 Å². The van der Waals surface area contributed by atoms with Crippen molar-refractivity contribution in [3.63, 3.8) is 0 Å². The third-order valence-electron chi connectivity index (χ3n) is 3.71. The van der Waals surface area contributed by atoms with Crippen molar-refractivity contribution in [3.05, 3.63) is 58.1 Å². The van der Waals surface area contributed by atoms with Crippen LogP contribution in [0.1, 0.15) is 17.5 Å². The van der Waals surface area contributed by atoms with Crippen LogP contribution >= 0.6 is 15.9 Å². The lowest BCUT2D eigenvalue weighted by Crippen LogP contribution is -2.35. The Morgan fingerprint density at radius 2 is 1.81 bits per heavy atom. The molecule has 0 aliphatic carbocycles. The number of aryl methyl sites for hydroxylation is 2. The van der Waals surface area contributed by atoms with Crippen molar-refractivity contribution >= 4 is 31.6 Å². The van der Waals surface area contributed by atoms with E-state index in [0.717, 1.165) is 34.1 Å². The Balaban J connectivity index is 2.07. The fourth-order valence-corrected chi connectivity index (χ4v) is 4.48. The molecule has 0 fully saturated rings. The summed E-state index contributed by atoms with van der Waals surface area (Å²) in [5.41, 5.74) is 3.09. The van der Waals surface area contributed by atoms with E-state index >= 15 is 0 Å². The predicted molar refractivity (Wildman–Crippen MR) is 88.2 cm³/mol. The average Bonchev–Trinajstić information content (AvgIpc) is 2.46. The number of sulfonamides is 1. The van der Waals surface area contributed by atoms with E-state index in [2.05, 4.69) is 22.0 Å². The van der Waals surface area contributed by atoms with E-state index in [1.165, 1.54) is 4.31 Å². The third-order valence-corrected chi connectivity index (χ3v) is 6.07. The quantitative estimate of drug-likeness (QED) is 0.809. The van der Waals surface area contributed by atoms with Gasteiger partial charge in [-0.3, -0.25) is 4.31 Å². The molecule has 5 heteroatoms. The van der Waals surface area contributed by atoms with Crippen LogP contribution in [-0.2, 0) is 16.4 Å². The highest BCUT2D eigenvalue weighted by molar-refractivity contribution is 9.10. The lowest BCUT2D eigenvalue weighted by Gasteiger charge is -2.30. The van der Waals surface area contributed by atoms with Crippen molar-refractivity contribution in [2.75, 3.05) is 10.8 Å². The molecule has 0 bridgehead atoms. The number of hydrogen-bond donors (Lipinski definition) is 0. The van der Waals surface area contributed by atoms with Crippen molar-refractivity contribution in [1.29, 1.82) is 0 Å². The molecule has 0 saturated carbocycles. The van der Waals surface area contributed by atoms with Gasteiger partial charge in [-0.25, -0.2) is 8.42 Å². The Bertz CT molecular complexity index is 769. The zero-order chi connectivity index (χ0) is 15.0. The highest BCUT2D eigenvalue weighted by Gasteiger charge is 2.28. The molecule has 21 heavy (non-hydrogen) atoms. The highest BCUT2D eigenvalue weighted by atomic mass is 79.9. The molecular formula is C16H16BrNO2S. The second kappa shape index (κ2) is 5.46. The van der Waals surface area contributed by atoms with Crippen LogP contribution in [0, 0.1) is 6.92 Å². The first-order valence-electron chi connectivity index (χ1n) is 6.86. The Morgan fingerprint density at radius 1 is 1.10 bits per heavy atom. The second-order valence-electron chi connectivity index (χ2n) is 5.27. The predicted octanol–water partition coefficient (Wildman–Crippen LogP) is 3.90. The minimum absolute atomic E-state index is 0.333. The number of benzene rings is 2. The molecule has 2 aromatic carbocycles.